The van der Waals surface area contributed by atoms with E-state index in [1.807, 2.05) is 31.2 Å². The molecule has 0 saturated carbocycles. The van der Waals surface area contributed by atoms with Crippen LogP contribution in [-0.2, 0) is 17.6 Å². The third-order valence-electron chi connectivity index (χ3n) is 5.50. The van der Waals surface area contributed by atoms with E-state index in [0.29, 0.717) is 11.3 Å². The lowest BCUT2D eigenvalue weighted by molar-refractivity contribution is -0.123. The van der Waals surface area contributed by atoms with Gasteiger partial charge in [0.25, 0.3) is 11.5 Å². The van der Waals surface area contributed by atoms with Crippen LogP contribution in [0, 0.1) is 12.8 Å². The largest absolute Gasteiger partial charge is 0.286 e. The van der Waals surface area contributed by atoms with Crippen LogP contribution in [0.25, 0.3) is 10.2 Å². The SMILES string of the molecule is Cc1ccc(C=NNC(=O)[C@H](C)n2cnc3sc4c(c3c2=O)CC[C@@H](C)C4)cc1. The number of amides is 1. The molecule has 2 atom stereocenters. The molecular weight excluding hydrogens is 384 g/mol. The van der Waals surface area contributed by atoms with Gasteiger partial charge >= 0.3 is 0 Å². The molecule has 0 fully saturated rings. The third kappa shape index (κ3) is 3.87. The number of aryl methyl sites for hydroxylation is 2. The summed E-state index contributed by atoms with van der Waals surface area (Å²) < 4.78 is 1.41. The number of aromatic nitrogens is 2. The van der Waals surface area contributed by atoms with Crippen molar-refractivity contribution in [2.75, 3.05) is 0 Å². The Bertz CT molecular complexity index is 1140. The van der Waals surface area contributed by atoms with E-state index < -0.39 is 6.04 Å². The van der Waals surface area contributed by atoms with E-state index >= 15 is 0 Å². The van der Waals surface area contributed by atoms with Crippen molar-refractivity contribution in [3.8, 4) is 0 Å². The second-order valence-electron chi connectivity index (χ2n) is 7.81. The van der Waals surface area contributed by atoms with Gasteiger partial charge in [-0.1, -0.05) is 36.8 Å². The van der Waals surface area contributed by atoms with E-state index in [9.17, 15) is 9.59 Å². The summed E-state index contributed by atoms with van der Waals surface area (Å²) in [6, 6.07) is 7.12. The standard InChI is InChI=1S/C22H24N4O2S/c1-13-4-7-16(8-5-13)11-24-25-20(27)15(3)26-12-23-21-19(22(26)28)17-9-6-14(2)10-18(17)29-21/h4-5,7-8,11-12,14-15H,6,9-10H2,1-3H3,(H,25,27)/t14-,15+/m1/s1. The zero-order chi connectivity index (χ0) is 20.5. The quantitative estimate of drug-likeness (QED) is 0.529. The van der Waals surface area contributed by atoms with E-state index in [-0.39, 0.29) is 11.5 Å². The summed E-state index contributed by atoms with van der Waals surface area (Å²) in [5, 5.41) is 4.70. The first-order valence-electron chi connectivity index (χ1n) is 9.85. The highest BCUT2D eigenvalue weighted by Gasteiger charge is 2.25. The average Bonchev–Trinajstić information content (AvgIpc) is 3.07. The lowest BCUT2D eigenvalue weighted by atomic mass is 9.89. The van der Waals surface area contributed by atoms with Gasteiger partial charge in [0.05, 0.1) is 17.9 Å². The Kier molecular flexibility index (Phi) is 5.32. The van der Waals surface area contributed by atoms with Crippen LogP contribution in [0.5, 0.6) is 0 Å². The van der Waals surface area contributed by atoms with Crippen molar-refractivity contribution in [2.45, 2.75) is 46.1 Å². The van der Waals surface area contributed by atoms with Gasteiger partial charge in [0.15, 0.2) is 0 Å². The number of fused-ring (bicyclic) bond motifs is 3. The molecule has 29 heavy (non-hydrogen) atoms. The molecule has 2 aromatic heterocycles. The molecule has 1 aliphatic rings. The molecule has 7 heteroatoms. The first-order chi connectivity index (χ1) is 13.9. The van der Waals surface area contributed by atoms with Gasteiger partial charge in [-0.05, 0) is 50.2 Å². The van der Waals surface area contributed by atoms with Crippen LogP contribution in [0.1, 0.15) is 47.9 Å². The molecular formula is C22H24N4O2S. The van der Waals surface area contributed by atoms with E-state index in [2.05, 4.69) is 22.4 Å². The highest BCUT2D eigenvalue weighted by atomic mass is 32.1. The first-order valence-corrected chi connectivity index (χ1v) is 10.7. The number of thiophene rings is 1. The summed E-state index contributed by atoms with van der Waals surface area (Å²) >= 11 is 1.61. The minimum absolute atomic E-state index is 0.146. The van der Waals surface area contributed by atoms with Crippen LogP contribution in [0.4, 0.5) is 0 Å². The number of hydrazone groups is 1. The van der Waals surface area contributed by atoms with Crippen LogP contribution >= 0.6 is 11.3 Å². The topological polar surface area (TPSA) is 76.3 Å². The molecule has 150 valence electrons. The summed E-state index contributed by atoms with van der Waals surface area (Å²) in [5.74, 6) is 0.281. The molecule has 0 unspecified atom stereocenters. The van der Waals surface area contributed by atoms with E-state index in [4.69, 9.17) is 0 Å². The van der Waals surface area contributed by atoms with Crippen LogP contribution in [0.2, 0.25) is 0 Å². The van der Waals surface area contributed by atoms with Gasteiger partial charge in [0.2, 0.25) is 0 Å². The van der Waals surface area contributed by atoms with Crippen molar-refractivity contribution >= 4 is 33.7 Å². The Morgan fingerprint density at radius 3 is 2.90 bits per heavy atom. The number of hydrogen-bond donors (Lipinski definition) is 1. The fourth-order valence-corrected chi connectivity index (χ4v) is 5.00. The van der Waals surface area contributed by atoms with E-state index in [1.165, 1.54) is 15.8 Å². The Balaban J connectivity index is 1.55. The highest BCUT2D eigenvalue weighted by molar-refractivity contribution is 7.18. The van der Waals surface area contributed by atoms with E-state index in [1.54, 1.807) is 24.5 Å². The lowest BCUT2D eigenvalue weighted by Crippen LogP contribution is -2.34. The second kappa shape index (κ2) is 7.91. The summed E-state index contributed by atoms with van der Waals surface area (Å²) in [7, 11) is 0. The van der Waals surface area contributed by atoms with Crippen molar-refractivity contribution in [3.05, 3.63) is 62.5 Å². The van der Waals surface area contributed by atoms with Crippen molar-refractivity contribution in [3.63, 3.8) is 0 Å². The number of nitrogens with one attached hydrogen (secondary N) is 1. The smallest absolute Gasteiger partial charge is 0.263 e. The predicted molar refractivity (Wildman–Crippen MR) is 117 cm³/mol. The minimum Gasteiger partial charge on any atom is -0.286 e. The molecule has 1 amide bonds. The Labute approximate surface area is 173 Å². The lowest BCUT2D eigenvalue weighted by Gasteiger charge is -2.18. The maximum Gasteiger partial charge on any atom is 0.263 e. The molecule has 0 bridgehead atoms. The molecule has 0 spiro atoms. The Morgan fingerprint density at radius 1 is 1.38 bits per heavy atom. The van der Waals surface area contributed by atoms with Crippen molar-refractivity contribution in [1.29, 1.82) is 0 Å². The van der Waals surface area contributed by atoms with Crippen LogP contribution in [0.15, 0.2) is 40.5 Å². The normalized spacial score (nSPS) is 17.4. The predicted octanol–water partition coefficient (Wildman–Crippen LogP) is 3.60. The molecule has 1 N–H and O–H groups in total. The Morgan fingerprint density at radius 2 is 2.14 bits per heavy atom. The first kappa shape index (κ1) is 19.5. The molecule has 1 aromatic carbocycles. The van der Waals surface area contributed by atoms with Gasteiger partial charge in [-0.15, -0.1) is 11.3 Å². The summed E-state index contributed by atoms with van der Waals surface area (Å²) in [6.07, 6.45) is 6.05. The maximum atomic E-state index is 13.1. The maximum absolute atomic E-state index is 13.1. The van der Waals surface area contributed by atoms with Crippen molar-refractivity contribution in [2.24, 2.45) is 11.0 Å². The monoisotopic (exact) mass is 408 g/mol. The summed E-state index contributed by atoms with van der Waals surface area (Å²) in [6.45, 7) is 5.94. The third-order valence-corrected chi connectivity index (χ3v) is 6.67. The number of rotatable bonds is 4. The second-order valence-corrected chi connectivity index (χ2v) is 8.89. The van der Waals surface area contributed by atoms with Crippen LogP contribution in [-0.4, -0.2) is 21.7 Å². The fourth-order valence-electron chi connectivity index (χ4n) is 3.66. The number of benzene rings is 1. The number of hydrogen-bond acceptors (Lipinski definition) is 5. The Hall–Kier alpha value is -2.80. The zero-order valence-electron chi connectivity index (χ0n) is 16.8. The van der Waals surface area contributed by atoms with Gasteiger partial charge in [0.1, 0.15) is 10.9 Å². The van der Waals surface area contributed by atoms with Crippen molar-refractivity contribution in [1.82, 2.24) is 15.0 Å². The summed E-state index contributed by atoms with van der Waals surface area (Å²) in [4.78, 5) is 32.2. The molecule has 0 radical (unpaired) electrons. The van der Waals surface area contributed by atoms with Gasteiger partial charge in [0, 0.05) is 4.88 Å². The minimum atomic E-state index is -0.701. The van der Waals surface area contributed by atoms with E-state index in [0.717, 1.165) is 40.8 Å². The number of nitrogens with zero attached hydrogens (tertiary/aromatic N) is 3. The van der Waals surface area contributed by atoms with Crippen molar-refractivity contribution < 1.29 is 4.79 Å². The fraction of sp³-hybridized carbons (Fsp3) is 0.364. The molecule has 6 nitrogen and oxygen atoms in total. The number of carbonyl (C=O) groups excluding carboxylic acids is 1. The highest BCUT2D eigenvalue weighted by Crippen LogP contribution is 2.35. The molecule has 1 aliphatic carbocycles. The molecule has 2 heterocycles. The van der Waals surface area contributed by atoms with Gasteiger partial charge in [-0.25, -0.2) is 10.4 Å². The summed E-state index contributed by atoms with van der Waals surface area (Å²) in [5.41, 5.74) is 5.56. The van der Waals surface area contributed by atoms with Gasteiger partial charge < -0.3 is 0 Å². The molecule has 3 aromatic rings. The van der Waals surface area contributed by atoms with Gasteiger partial charge in [-0.3, -0.25) is 14.2 Å². The molecule has 0 saturated heterocycles. The zero-order valence-corrected chi connectivity index (χ0v) is 17.6. The van der Waals surface area contributed by atoms with Crippen LogP contribution in [0.3, 0.4) is 0 Å². The number of carbonyl (C=O) groups is 1. The molecule has 4 rings (SSSR count). The van der Waals surface area contributed by atoms with Crippen LogP contribution < -0.4 is 11.0 Å². The average molecular weight is 409 g/mol. The van der Waals surface area contributed by atoms with Gasteiger partial charge in [-0.2, -0.15) is 5.10 Å². The molecule has 0 aliphatic heterocycles.